The molecule has 0 aliphatic carbocycles. The van der Waals surface area contributed by atoms with Gasteiger partial charge in [-0.1, -0.05) is 86.6 Å². The number of carbonyl (C=O) groups is 7. The molecule has 0 radical (unpaired) electrons. The Bertz CT molecular complexity index is 2810. The van der Waals surface area contributed by atoms with Gasteiger partial charge in [-0.15, -0.1) is 0 Å². The quantitative estimate of drug-likeness (QED) is 0.0217. The largest absolute Gasteiger partial charge is 0.508 e. The van der Waals surface area contributed by atoms with Crippen LogP contribution in [0.5, 0.6) is 5.75 Å². The van der Waals surface area contributed by atoms with Crippen LogP contribution in [0.1, 0.15) is 76.0 Å². The van der Waals surface area contributed by atoms with Gasteiger partial charge in [0.2, 0.25) is 41.4 Å². The Morgan fingerprint density at radius 3 is 2.05 bits per heavy atom. The van der Waals surface area contributed by atoms with Crippen LogP contribution in [0.2, 0.25) is 0 Å². The smallest absolute Gasteiger partial charge is 0.245 e. The normalized spacial score (nSPS) is 15.3. The van der Waals surface area contributed by atoms with Crippen LogP contribution < -0.4 is 43.4 Å². The number of aromatic nitrogens is 1. The van der Waals surface area contributed by atoms with Crippen molar-refractivity contribution < 1.29 is 43.8 Å². The Morgan fingerprint density at radius 2 is 1.36 bits per heavy atom. The highest BCUT2D eigenvalue weighted by atomic mass is 16.3. The molecule has 5 aromatic rings. The third kappa shape index (κ3) is 16.0. The molecule has 7 amide bonds. The van der Waals surface area contributed by atoms with Gasteiger partial charge in [-0.3, -0.25) is 38.6 Å². The number of aliphatic hydroxyl groups excluding tert-OH is 1. The lowest BCUT2D eigenvalue weighted by Gasteiger charge is -2.30. The first kappa shape index (κ1) is 56.3. The van der Waals surface area contributed by atoms with Crippen molar-refractivity contribution in [1.29, 1.82) is 0 Å². The Hall–Kier alpha value is -8.00. The molecule has 13 N–H and O–H groups in total. The fourth-order valence-electron chi connectivity index (χ4n) is 9.37. The number of nitrogens with two attached hydrogens (primary N) is 2. The van der Waals surface area contributed by atoms with E-state index in [0.717, 1.165) is 27.2 Å². The number of phenolic OH excluding ortho intramolecular Hbond substituents is 1. The molecule has 75 heavy (non-hydrogen) atoms. The number of hydrogen-bond acceptors (Lipinski definition) is 10. The van der Waals surface area contributed by atoms with Gasteiger partial charge < -0.3 is 63.5 Å². The molecule has 20 nitrogen and oxygen atoms in total. The number of likely N-dealkylation sites (N-methyl/N-ethyl adjacent to an activating group) is 1. The second-order valence-electron chi connectivity index (χ2n) is 19.3. The van der Waals surface area contributed by atoms with E-state index in [1.165, 1.54) is 17.0 Å². The van der Waals surface area contributed by atoms with Gasteiger partial charge in [-0.2, -0.15) is 0 Å². The van der Waals surface area contributed by atoms with E-state index < -0.39 is 78.3 Å². The maximum absolute atomic E-state index is 14.8. The van der Waals surface area contributed by atoms with Crippen LogP contribution in [-0.2, 0) is 52.8 Å². The third-order valence-electron chi connectivity index (χ3n) is 13.2. The molecule has 0 saturated carbocycles. The highest BCUT2D eigenvalue weighted by molar-refractivity contribution is 5.98. The summed E-state index contributed by atoms with van der Waals surface area (Å²) in [6.45, 7) is 5.56. The lowest BCUT2D eigenvalue weighted by molar-refractivity contribution is -0.142. The van der Waals surface area contributed by atoms with Crippen LogP contribution in [0.25, 0.3) is 21.7 Å². The predicted octanol–water partition coefficient (Wildman–Crippen LogP) is 2.09. The summed E-state index contributed by atoms with van der Waals surface area (Å²) in [6.07, 6.45) is 3.43. The zero-order valence-electron chi connectivity index (χ0n) is 42.8. The molecule has 1 saturated heterocycles. The van der Waals surface area contributed by atoms with E-state index in [1.54, 1.807) is 25.3 Å². The van der Waals surface area contributed by atoms with Crippen molar-refractivity contribution in [2.45, 2.75) is 115 Å². The number of aliphatic imine (C=N–C) groups is 1. The number of phenols is 1. The number of nitrogens with one attached hydrogen (secondary N) is 7. The lowest BCUT2D eigenvalue weighted by Crippen LogP contribution is -2.60. The molecule has 20 heteroatoms. The minimum absolute atomic E-state index is 0.00271. The number of fused-ring (bicyclic) bond motifs is 2. The van der Waals surface area contributed by atoms with Crippen molar-refractivity contribution in [3.63, 3.8) is 0 Å². The summed E-state index contributed by atoms with van der Waals surface area (Å²) in [5.74, 6) is -4.68. The van der Waals surface area contributed by atoms with Gasteiger partial charge in [-0.25, -0.2) is 0 Å². The topological polar surface area (TPSA) is 316 Å². The number of hydrogen-bond donors (Lipinski definition) is 11. The molecule has 2 heterocycles. The van der Waals surface area contributed by atoms with E-state index in [-0.39, 0.29) is 62.2 Å². The van der Waals surface area contributed by atoms with Crippen LogP contribution in [0, 0.1) is 5.92 Å². The lowest BCUT2D eigenvalue weighted by atomic mass is 9.99. The molecule has 6 rings (SSSR count). The Kier molecular flexibility index (Phi) is 20.5. The van der Waals surface area contributed by atoms with Crippen molar-refractivity contribution in [1.82, 2.24) is 41.8 Å². The van der Waals surface area contributed by atoms with Crippen molar-refractivity contribution in [2.24, 2.45) is 22.4 Å². The van der Waals surface area contributed by atoms with Gasteiger partial charge in [0.25, 0.3) is 0 Å². The van der Waals surface area contributed by atoms with E-state index in [0.29, 0.717) is 49.9 Å². The molecular weight excluding hydrogens is 959 g/mol. The molecule has 0 bridgehead atoms. The SMILES string of the molecule is CCNC(=O)C1CCCN1C(=O)[C@H](CCCN=C(N)N)NC(=O)[C@H](CC(C)C)NC(=O)[C@@H](Cc1c[nH]c2ccccc12)NC(=O)[C@H](Cc1ccc(O)cc1)NC(=O)[C@H](CO)NC(=O)CCc1cccc2ccccc12. The van der Waals surface area contributed by atoms with Crippen molar-refractivity contribution >= 4 is 69.0 Å². The zero-order valence-corrected chi connectivity index (χ0v) is 42.8. The van der Waals surface area contributed by atoms with Crippen molar-refractivity contribution in [3.8, 4) is 5.75 Å². The molecule has 1 aliphatic rings. The minimum atomic E-state index is -1.45. The summed E-state index contributed by atoms with van der Waals surface area (Å²) < 4.78 is 0. The first-order valence-corrected chi connectivity index (χ1v) is 25.6. The highest BCUT2D eigenvalue weighted by Crippen LogP contribution is 2.23. The number of guanidine groups is 1. The van der Waals surface area contributed by atoms with E-state index in [2.05, 4.69) is 41.9 Å². The summed E-state index contributed by atoms with van der Waals surface area (Å²) in [4.78, 5) is 107. The van der Waals surface area contributed by atoms with Gasteiger partial charge in [0.15, 0.2) is 5.96 Å². The Labute approximate surface area is 436 Å². The fraction of sp³-hybridized carbons (Fsp3) is 0.418. The fourth-order valence-corrected chi connectivity index (χ4v) is 9.37. The molecule has 1 fully saturated rings. The zero-order chi connectivity index (χ0) is 54.0. The summed E-state index contributed by atoms with van der Waals surface area (Å²) in [7, 11) is 0. The van der Waals surface area contributed by atoms with Gasteiger partial charge in [0.1, 0.15) is 42.0 Å². The van der Waals surface area contributed by atoms with Crippen LogP contribution in [0.15, 0.2) is 102 Å². The van der Waals surface area contributed by atoms with Crippen molar-refractivity contribution in [3.05, 3.63) is 114 Å². The summed E-state index contributed by atoms with van der Waals surface area (Å²) in [5, 5.41) is 39.8. The number of amides is 7. The first-order chi connectivity index (χ1) is 36.0. The van der Waals surface area contributed by atoms with E-state index in [4.69, 9.17) is 11.5 Å². The summed E-state index contributed by atoms with van der Waals surface area (Å²) in [6, 6.07) is 19.7. The molecular formula is C55H71N11O9. The maximum Gasteiger partial charge on any atom is 0.245 e. The number of rotatable bonds is 26. The number of likely N-dealkylation sites (tertiary alicyclic amines) is 1. The van der Waals surface area contributed by atoms with Crippen LogP contribution in [0.4, 0.5) is 0 Å². The third-order valence-corrected chi connectivity index (χ3v) is 13.2. The number of H-pyrrole nitrogens is 1. The average molecular weight is 1030 g/mol. The number of benzene rings is 4. The second kappa shape index (κ2) is 27.3. The monoisotopic (exact) mass is 1030 g/mol. The highest BCUT2D eigenvalue weighted by Gasteiger charge is 2.39. The van der Waals surface area contributed by atoms with E-state index >= 15 is 0 Å². The van der Waals surface area contributed by atoms with Gasteiger partial charge >= 0.3 is 0 Å². The predicted molar refractivity (Wildman–Crippen MR) is 286 cm³/mol. The average Bonchev–Trinajstić information content (AvgIpc) is 4.06. The molecule has 6 atom stereocenters. The van der Waals surface area contributed by atoms with E-state index in [1.807, 2.05) is 80.6 Å². The number of aryl methyl sites for hydroxylation is 1. The molecule has 400 valence electrons. The second-order valence-corrected chi connectivity index (χ2v) is 19.3. The first-order valence-electron chi connectivity index (χ1n) is 25.6. The van der Waals surface area contributed by atoms with Crippen LogP contribution in [-0.4, -0.2) is 130 Å². The summed E-state index contributed by atoms with van der Waals surface area (Å²) >= 11 is 0. The van der Waals surface area contributed by atoms with Gasteiger partial charge in [-0.05, 0) is 97.0 Å². The molecule has 1 aromatic heterocycles. The number of carbonyl (C=O) groups excluding carboxylic acids is 7. The van der Waals surface area contributed by atoms with Gasteiger partial charge in [0, 0.05) is 56.0 Å². The van der Waals surface area contributed by atoms with Gasteiger partial charge in [0.05, 0.1) is 6.61 Å². The maximum atomic E-state index is 14.8. The molecule has 4 aromatic carbocycles. The molecule has 0 spiro atoms. The molecule has 1 unspecified atom stereocenters. The summed E-state index contributed by atoms with van der Waals surface area (Å²) in [5.41, 5.74) is 14.0. The van der Waals surface area contributed by atoms with Crippen molar-refractivity contribution in [2.75, 3.05) is 26.2 Å². The standard InChI is InChI=1S/C55H71N11O9/c1-4-58-53(74)47-19-11-27-66(47)54(75)42(18-10-26-59-55(56)57)62-49(70)43(28-33(2)3)63-51(72)45(30-37-31-60-41-17-8-7-16-40(37)41)65-50(71)44(29-34-20-23-38(68)24-21-34)64-52(73)46(32-67)61-48(69)25-22-36-14-9-13-35-12-5-6-15-39(35)36/h5-9,12-17,20-21,23-24,31,33,42-47,60,67-68H,4,10-11,18-19,22,25-30,32H2,1-3H3,(H,58,74)(H,61,69)(H,62,70)(H,63,72)(H,64,73)(H,65,71)(H4,56,57,59)/t42-,43-,44-,45+,46-,47?/m0/s1. The number of aromatic amines is 1. The van der Waals surface area contributed by atoms with Crippen LogP contribution >= 0.6 is 0 Å². The minimum Gasteiger partial charge on any atom is -0.508 e. The number of aliphatic hydroxyl groups is 1. The Balaban J connectivity index is 1.24. The Morgan fingerprint density at radius 1 is 0.733 bits per heavy atom. The number of aromatic hydroxyl groups is 1. The number of nitrogens with zero attached hydrogens (tertiary/aromatic N) is 2. The van der Waals surface area contributed by atoms with Crippen LogP contribution in [0.3, 0.4) is 0 Å². The van der Waals surface area contributed by atoms with E-state index in [9.17, 15) is 43.8 Å². The number of para-hydroxylation sites is 1. The molecule has 1 aliphatic heterocycles.